The zero-order valence-corrected chi connectivity index (χ0v) is 15.1. The molecule has 2 fully saturated rings. The van der Waals surface area contributed by atoms with Crippen LogP contribution in [0, 0.1) is 6.92 Å². The van der Waals surface area contributed by atoms with Crippen LogP contribution in [-0.2, 0) is 16.0 Å². The highest BCUT2D eigenvalue weighted by atomic mass is 16.5. The summed E-state index contributed by atoms with van der Waals surface area (Å²) in [6, 6.07) is 0.0508. The molecule has 0 radical (unpaired) electrons. The molecule has 3 rings (SSSR count). The van der Waals surface area contributed by atoms with Crippen molar-refractivity contribution in [2.24, 2.45) is 0 Å². The topological polar surface area (TPSA) is 75.6 Å². The highest BCUT2D eigenvalue weighted by molar-refractivity contribution is 5.77. The van der Waals surface area contributed by atoms with Crippen molar-refractivity contribution in [2.75, 3.05) is 19.8 Å². The van der Waals surface area contributed by atoms with Crippen LogP contribution in [0.2, 0.25) is 0 Å². The fourth-order valence-corrected chi connectivity index (χ4v) is 3.98. The molecule has 0 bridgehead atoms. The minimum Gasteiger partial charge on any atom is -0.389 e. The first-order valence-corrected chi connectivity index (χ1v) is 9.43. The van der Waals surface area contributed by atoms with Gasteiger partial charge in [-0.1, -0.05) is 19.3 Å². The molecule has 1 N–H and O–H groups in total. The zero-order chi connectivity index (χ0) is 17.7. The van der Waals surface area contributed by atoms with E-state index in [0.29, 0.717) is 19.8 Å². The highest BCUT2D eigenvalue weighted by Crippen LogP contribution is 2.32. The molecule has 6 nitrogen and oxygen atoms in total. The molecule has 1 saturated carbocycles. The number of carbonyl (C=O) groups excluding carboxylic acids is 1. The van der Waals surface area contributed by atoms with Crippen LogP contribution in [0.1, 0.15) is 56.3 Å². The predicted octanol–water partition coefficient (Wildman–Crippen LogP) is 2.03. The molecule has 138 valence electrons. The van der Waals surface area contributed by atoms with E-state index in [0.717, 1.165) is 56.3 Å². The Morgan fingerprint density at radius 3 is 2.84 bits per heavy atom. The van der Waals surface area contributed by atoms with Gasteiger partial charge in [0.1, 0.15) is 0 Å². The summed E-state index contributed by atoms with van der Waals surface area (Å²) < 4.78 is 5.60. The summed E-state index contributed by atoms with van der Waals surface area (Å²) in [6.07, 6.45) is 9.92. The number of aromatic nitrogens is 2. The van der Waals surface area contributed by atoms with Gasteiger partial charge < -0.3 is 14.7 Å². The van der Waals surface area contributed by atoms with Gasteiger partial charge in [0.05, 0.1) is 42.7 Å². The van der Waals surface area contributed by atoms with E-state index >= 15 is 0 Å². The third kappa shape index (κ3) is 4.76. The van der Waals surface area contributed by atoms with Crippen molar-refractivity contribution in [1.29, 1.82) is 0 Å². The number of aryl methyl sites for hydroxylation is 2. The first-order chi connectivity index (χ1) is 12.1. The Hall–Kier alpha value is -1.53. The van der Waals surface area contributed by atoms with Gasteiger partial charge in [0.2, 0.25) is 5.91 Å². The van der Waals surface area contributed by atoms with E-state index in [-0.39, 0.29) is 18.4 Å². The first-order valence-electron chi connectivity index (χ1n) is 9.43. The maximum Gasteiger partial charge on any atom is 0.225 e. The van der Waals surface area contributed by atoms with E-state index in [9.17, 15) is 9.90 Å². The number of hydrogen-bond acceptors (Lipinski definition) is 5. The van der Waals surface area contributed by atoms with Gasteiger partial charge in [0, 0.05) is 18.9 Å². The van der Waals surface area contributed by atoms with Gasteiger partial charge >= 0.3 is 0 Å². The van der Waals surface area contributed by atoms with E-state index < -0.39 is 5.60 Å². The fourth-order valence-electron chi connectivity index (χ4n) is 3.98. The zero-order valence-electron chi connectivity index (χ0n) is 15.1. The molecule has 25 heavy (non-hydrogen) atoms. The molecular formula is C19H29N3O3. The van der Waals surface area contributed by atoms with E-state index in [1.54, 1.807) is 12.4 Å². The maximum atomic E-state index is 12.8. The minimum absolute atomic E-state index is 0.0508. The van der Waals surface area contributed by atoms with Crippen molar-refractivity contribution in [1.82, 2.24) is 14.9 Å². The number of hydrogen-bond donors (Lipinski definition) is 1. The third-order valence-corrected chi connectivity index (χ3v) is 5.51. The van der Waals surface area contributed by atoms with E-state index in [1.807, 2.05) is 11.8 Å². The molecule has 1 aliphatic heterocycles. The number of ether oxygens (including phenoxy) is 1. The summed E-state index contributed by atoms with van der Waals surface area (Å²) in [6.45, 7) is 3.70. The molecule has 0 spiro atoms. The van der Waals surface area contributed by atoms with Crippen molar-refractivity contribution in [3.05, 3.63) is 23.8 Å². The molecule has 1 amide bonds. The van der Waals surface area contributed by atoms with Crippen LogP contribution in [0.25, 0.3) is 0 Å². The lowest BCUT2D eigenvalue weighted by molar-refractivity contribution is -0.146. The largest absolute Gasteiger partial charge is 0.389 e. The Kier molecular flexibility index (Phi) is 6.02. The van der Waals surface area contributed by atoms with Crippen molar-refractivity contribution in [3.8, 4) is 0 Å². The highest BCUT2D eigenvalue weighted by Gasteiger charge is 2.36. The summed E-state index contributed by atoms with van der Waals surface area (Å²) in [5, 5.41) is 10.7. The first kappa shape index (κ1) is 18.3. The normalized spacial score (nSPS) is 23.4. The lowest BCUT2D eigenvalue weighted by Gasteiger charge is -2.39. The Morgan fingerprint density at radius 2 is 2.08 bits per heavy atom. The summed E-state index contributed by atoms with van der Waals surface area (Å²) in [7, 11) is 0. The summed E-state index contributed by atoms with van der Waals surface area (Å²) in [5.74, 6) is 0.0635. The molecule has 1 atom stereocenters. The van der Waals surface area contributed by atoms with Crippen LogP contribution in [0.4, 0.5) is 0 Å². The van der Waals surface area contributed by atoms with Gasteiger partial charge in [-0.25, -0.2) is 0 Å². The van der Waals surface area contributed by atoms with Gasteiger partial charge in [0.25, 0.3) is 0 Å². The fraction of sp³-hybridized carbons (Fsp3) is 0.737. The van der Waals surface area contributed by atoms with Gasteiger partial charge in [-0.15, -0.1) is 0 Å². The van der Waals surface area contributed by atoms with Crippen molar-refractivity contribution >= 4 is 5.91 Å². The molecule has 2 heterocycles. The van der Waals surface area contributed by atoms with E-state index in [4.69, 9.17) is 4.74 Å². The third-order valence-electron chi connectivity index (χ3n) is 5.51. The number of nitrogens with zero attached hydrogens (tertiary/aromatic N) is 3. The molecule has 1 aromatic heterocycles. The van der Waals surface area contributed by atoms with Crippen molar-refractivity contribution in [3.63, 3.8) is 0 Å². The number of rotatable bonds is 5. The molecule has 1 saturated heterocycles. The average Bonchev–Trinajstić information content (AvgIpc) is 2.61. The second-order valence-electron chi connectivity index (χ2n) is 7.40. The van der Waals surface area contributed by atoms with E-state index in [2.05, 4.69) is 9.97 Å². The van der Waals surface area contributed by atoms with Crippen molar-refractivity contribution in [2.45, 2.75) is 69.9 Å². The molecule has 2 aliphatic rings. The van der Waals surface area contributed by atoms with Gasteiger partial charge in [-0.05, 0) is 32.6 Å². The quantitative estimate of drug-likeness (QED) is 0.882. The van der Waals surface area contributed by atoms with Crippen LogP contribution in [0.5, 0.6) is 0 Å². The lowest BCUT2D eigenvalue weighted by Crippen LogP contribution is -2.51. The van der Waals surface area contributed by atoms with Gasteiger partial charge in [-0.3, -0.25) is 14.8 Å². The van der Waals surface area contributed by atoms with Gasteiger partial charge in [0.15, 0.2) is 0 Å². The smallest absolute Gasteiger partial charge is 0.225 e. The molecule has 6 heteroatoms. The van der Waals surface area contributed by atoms with Crippen LogP contribution in [-0.4, -0.2) is 57.3 Å². The summed E-state index contributed by atoms with van der Waals surface area (Å²) in [5.41, 5.74) is 1.11. The van der Waals surface area contributed by atoms with Crippen LogP contribution in [0.3, 0.4) is 0 Å². The molecule has 0 aromatic carbocycles. The lowest BCUT2D eigenvalue weighted by atomic mass is 9.82. The number of morpholine rings is 1. The van der Waals surface area contributed by atoms with Crippen LogP contribution in [0.15, 0.2) is 12.4 Å². The average molecular weight is 347 g/mol. The Morgan fingerprint density at radius 1 is 1.32 bits per heavy atom. The maximum absolute atomic E-state index is 12.8. The molecule has 0 unspecified atom stereocenters. The second-order valence-corrected chi connectivity index (χ2v) is 7.40. The summed E-state index contributed by atoms with van der Waals surface area (Å²) in [4.78, 5) is 23.4. The Labute approximate surface area is 149 Å². The Balaban J connectivity index is 1.60. The number of carbonyl (C=O) groups is 1. The van der Waals surface area contributed by atoms with E-state index in [1.165, 1.54) is 0 Å². The number of aliphatic hydroxyl groups is 1. The van der Waals surface area contributed by atoms with Gasteiger partial charge in [-0.2, -0.15) is 0 Å². The number of amides is 1. The molecule has 1 aromatic rings. The Bertz CT molecular complexity index is 587. The predicted molar refractivity (Wildman–Crippen MR) is 94.1 cm³/mol. The van der Waals surface area contributed by atoms with Crippen molar-refractivity contribution < 1.29 is 14.6 Å². The molecular weight excluding hydrogens is 318 g/mol. The SMILES string of the molecule is Cc1nccnc1CC[C@H]1COCCN1C(=O)CC1(O)CCCCC1. The van der Waals surface area contributed by atoms with Crippen LogP contribution < -0.4 is 0 Å². The monoisotopic (exact) mass is 347 g/mol. The molecule has 1 aliphatic carbocycles. The summed E-state index contributed by atoms with van der Waals surface area (Å²) >= 11 is 0. The van der Waals surface area contributed by atoms with Crippen LogP contribution >= 0.6 is 0 Å². The standard InChI is InChI=1S/C19H29N3O3/c1-15-17(21-10-9-20-15)6-5-16-14-25-12-11-22(16)18(23)13-19(24)7-3-2-4-8-19/h9-10,16,24H,2-8,11-14H2,1H3/t16-/m0/s1. The second kappa shape index (κ2) is 8.23. The minimum atomic E-state index is -0.806.